The molecule has 1 atom stereocenters. The van der Waals surface area contributed by atoms with Crippen molar-refractivity contribution >= 4 is 27.4 Å². The van der Waals surface area contributed by atoms with Crippen LogP contribution in [-0.2, 0) is 14.8 Å². The first-order valence-electron chi connectivity index (χ1n) is 13.5. The second-order valence-corrected chi connectivity index (χ2v) is 11.4. The van der Waals surface area contributed by atoms with Crippen LogP contribution in [0.4, 0.5) is 11.5 Å². The van der Waals surface area contributed by atoms with Crippen LogP contribution in [0.5, 0.6) is 0 Å². The highest BCUT2D eigenvalue weighted by Crippen LogP contribution is 2.23. The summed E-state index contributed by atoms with van der Waals surface area (Å²) >= 11 is 0. The number of hydrogen-bond donors (Lipinski definition) is 2. The molecular formula is C29H41N3O3S. The van der Waals surface area contributed by atoms with Crippen LogP contribution in [-0.4, -0.2) is 19.3 Å². The van der Waals surface area contributed by atoms with Gasteiger partial charge < -0.3 is 5.32 Å². The maximum Gasteiger partial charge on any atom is 0.263 e. The highest BCUT2D eigenvalue weighted by atomic mass is 32.2. The fourth-order valence-corrected chi connectivity index (χ4v) is 5.61. The summed E-state index contributed by atoms with van der Waals surface area (Å²) in [6.45, 7) is 0. The van der Waals surface area contributed by atoms with Gasteiger partial charge in [0, 0.05) is 18.3 Å². The van der Waals surface area contributed by atoms with E-state index in [1.807, 2.05) is 0 Å². The fraction of sp³-hybridized carbons (Fsp3) is 0.517. The minimum absolute atomic E-state index is 0.0367. The van der Waals surface area contributed by atoms with Gasteiger partial charge in [-0.3, -0.25) is 9.52 Å². The van der Waals surface area contributed by atoms with Crippen LogP contribution >= 0.6 is 0 Å². The van der Waals surface area contributed by atoms with Gasteiger partial charge in [0.05, 0.1) is 4.90 Å². The summed E-state index contributed by atoms with van der Waals surface area (Å²) in [7, 11) is -3.72. The van der Waals surface area contributed by atoms with Gasteiger partial charge >= 0.3 is 0 Å². The van der Waals surface area contributed by atoms with E-state index >= 15 is 0 Å². The van der Waals surface area contributed by atoms with Crippen molar-refractivity contribution < 1.29 is 13.2 Å². The quantitative estimate of drug-likeness (QED) is 0.170. The molecule has 0 unspecified atom stereocenters. The van der Waals surface area contributed by atoms with E-state index in [0.717, 1.165) is 18.8 Å². The number of anilines is 2. The normalized spacial score (nSPS) is 15.2. The summed E-state index contributed by atoms with van der Waals surface area (Å²) in [5.41, 5.74) is 0.594. The number of sulfonamides is 1. The number of allylic oxidation sites excluding steroid dienone is 2. The first-order chi connectivity index (χ1) is 17.5. The zero-order chi connectivity index (χ0) is 25.5. The molecule has 1 aromatic carbocycles. The van der Waals surface area contributed by atoms with Crippen LogP contribution in [0.15, 0.2) is 65.7 Å². The molecule has 1 heterocycles. The van der Waals surface area contributed by atoms with Crippen molar-refractivity contribution in [3.8, 4) is 0 Å². The molecule has 0 spiro atoms. The largest absolute Gasteiger partial charge is 0.326 e. The number of nitrogens with zero attached hydrogens (tertiary/aromatic N) is 1. The lowest BCUT2D eigenvalue weighted by atomic mass is 9.99. The van der Waals surface area contributed by atoms with Crippen LogP contribution in [0.2, 0.25) is 0 Å². The maximum absolute atomic E-state index is 12.5. The molecule has 0 saturated carbocycles. The lowest BCUT2D eigenvalue weighted by Crippen LogP contribution is -2.14. The van der Waals surface area contributed by atoms with E-state index in [0.29, 0.717) is 12.1 Å². The summed E-state index contributed by atoms with van der Waals surface area (Å²) < 4.78 is 27.4. The van der Waals surface area contributed by atoms with E-state index in [9.17, 15) is 13.2 Å². The van der Waals surface area contributed by atoms with Gasteiger partial charge in [-0.25, -0.2) is 13.4 Å². The van der Waals surface area contributed by atoms with Crippen LogP contribution in [0.3, 0.4) is 0 Å². The minimum Gasteiger partial charge on any atom is -0.326 e. The summed E-state index contributed by atoms with van der Waals surface area (Å²) in [6.07, 6.45) is 23.2. The summed E-state index contributed by atoms with van der Waals surface area (Å²) in [5, 5.41) is 2.85. The zero-order valence-corrected chi connectivity index (χ0v) is 22.1. The van der Waals surface area contributed by atoms with Crippen LogP contribution < -0.4 is 10.0 Å². The molecule has 1 aromatic heterocycles. The number of pyridine rings is 1. The summed E-state index contributed by atoms with van der Waals surface area (Å²) in [5.74, 6) is 1.08. The van der Waals surface area contributed by atoms with Crippen molar-refractivity contribution in [3.63, 3.8) is 0 Å². The number of unbranched alkanes of at least 4 members (excludes halogenated alkanes) is 9. The number of benzene rings is 1. The molecule has 1 amide bonds. The summed E-state index contributed by atoms with van der Waals surface area (Å²) in [4.78, 5) is 16.3. The van der Waals surface area contributed by atoms with Crippen LogP contribution in [0, 0.1) is 5.92 Å². The van der Waals surface area contributed by atoms with Gasteiger partial charge in [0.15, 0.2) is 0 Å². The molecule has 196 valence electrons. The van der Waals surface area contributed by atoms with Crippen molar-refractivity contribution in [1.82, 2.24) is 4.98 Å². The molecular weight excluding hydrogens is 470 g/mol. The number of nitrogens with one attached hydrogen (secondary N) is 2. The van der Waals surface area contributed by atoms with E-state index in [1.165, 1.54) is 89.0 Å². The van der Waals surface area contributed by atoms with Gasteiger partial charge in [0.1, 0.15) is 5.82 Å². The molecule has 0 radical (unpaired) electrons. The summed E-state index contributed by atoms with van der Waals surface area (Å²) in [6, 6.07) is 11.2. The Morgan fingerprint density at radius 2 is 1.53 bits per heavy atom. The molecule has 1 aliphatic carbocycles. The van der Waals surface area contributed by atoms with E-state index < -0.39 is 10.0 Å². The number of rotatable bonds is 17. The smallest absolute Gasteiger partial charge is 0.263 e. The maximum atomic E-state index is 12.5. The predicted molar refractivity (Wildman–Crippen MR) is 147 cm³/mol. The topological polar surface area (TPSA) is 88.2 Å². The monoisotopic (exact) mass is 511 g/mol. The Balaban J connectivity index is 1.19. The Labute approximate surface area is 217 Å². The Bertz CT molecular complexity index is 1040. The van der Waals surface area contributed by atoms with Gasteiger partial charge in [-0.1, -0.05) is 76.0 Å². The fourth-order valence-electron chi connectivity index (χ4n) is 4.60. The molecule has 36 heavy (non-hydrogen) atoms. The second kappa shape index (κ2) is 15.4. The highest BCUT2D eigenvalue weighted by Gasteiger charge is 2.15. The molecule has 2 N–H and O–H groups in total. The predicted octanol–water partition coefficient (Wildman–Crippen LogP) is 7.47. The van der Waals surface area contributed by atoms with Crippen molar-refractivity contribution in [1.29, 1.82) is 0 Å². The van der Waals surface area contributed by atoms with Crippen LogP contribution in [0.25, 0.3) is 0 Å². The molecule has 0 aliphatic heterocycles. The van der Waals surface area contributed by atoms with Crippen LogP contribution in [0.1, 0.15) is 89.9 Å². The number of aromatic nitrogens is 1. The third kappa shape index (κ3) is 10.5. The molecule has 6 nitrogen and oxygen atoms in total. The lowest BCUT2D eigenvalue weighted by Gasteiger charge is -2.09. The van der Waals surface area contributed by atoms with Crippen molar-refractivity contribution in [2.24, 2.45) is 5.92 Å². The standard InChI is InChI=1S/C29H41N3O3S/c33-29(19-10-8-6-4-2-1-3-5-7-9-15-25-16-11-12-17-25)31-26-20-22-27(23-21-26)36(34,35)32-28-18-13-14-24-30-28/h11,13-14,16,18,20-25H,1-10,12,15,17,19H2,(H,30,32)(H,31,33)/t25-/m0/s1. The molecule has 0 bridgehead atoms. The average molecular weight is 512 g/mol. The molecule has 3 rings (SSSR count). The Morgan fingerprint density at radius 1 is 0.861 bits per heavy atom. The molecule has 7 heteroatoms. The minimum atomic E-state index is -3.72. The van der Waals surface area contributed by atoms with E-state index in [1.54, 1.807) is 30.3 Å². The van der Waals surface area contributed by atoms with Gasteiger partial charge in [-0.2, -0.15) is 0 Å². The average Bonchev–Trinajstić information content (AvgIpc) is 3.39. The number of carbonyl (C=O) groups excluding carboxylic acids is 1. The third-order valence-electron chi connectivity index (χ3n) is 6.69. The second-order valence-electron chi connectivity index (χ2n) is 9.73. The first kappa shape index (κ1) is 27.9. The lowest BCUT2D eigenvalue weighted by molar-refractivity contribution is -0.116. The molecule has 0 saturated heterocycles. The van der Waals surface area contributed by atoms with E-state index in [4.69, 9.17) is 0 Å². The molecule has 2 aromatic rings. The van der Waals surface area contributed by atoms with Gasteiger partial charge in [-0.15, -0.1) is 0 Å². The first-order valence-corrected chi connectivity index (χ1v) is 15.0. The number of hydrogen-bond acceptors (Lipinski definition) is 4. The highest BCUT2D eigenvalue weighted by molar-refractivity contribution is 7.92. The van der Waals surface area contributed by atoms with Gasteiger partial charge in [0.25, 0.3) is 10.0 Å². The zero-order valence-electron chi connectivity index (χ0n) is 21.3. The van der Waals surface area contributed by atoms with Crippen molar-refractivity contribution in [2.75, 3.05) is 10.0 Å². The SMILES string of the molecule is O=C(CCCCCCCCCCCC[C@H]1C=CCC1)Nc1ccc(S(=O)(=O)Nc2ccccn2)cc1. The number of amides is 1. The Morgan fingerprint density at radius 3 is 2.14 bits per heavy atom. The molecule has 0 fully saturated rings. The van der Waals surface area contributed by atoms with Crippen molar-refractivity contribution in [2.45, 2.75) is 94.8 Å². The van der Waals surface area contributed by atoms with Gasteiger partial charge in [-0.05, 0) is 68.0 Å². The third-order valence-corrected chi connectivity index (χ3v) is 8.06. The van der Waals surface area contributed by atoms with E-state index in [2.05, 4.69) is 27.2 Å². The number of carbonyl (C=O) groups is 1. The Hall–Kier alpha value is -2.67. The Kier molecular flexibility index (Phi) is 12.0. The van der Waals surface area contributed by atoms with Crippen molar-refractivity contribution in [3.05, 3.63) is 60.8 Å². The molecule has 1 aliphatic rings. The van der Waals surface area contributed by atoms with E-state index in [-0.39, 0.29) is 16.6 Å². The van der Waals surface area contributed by atoms with Gasteiger partial charge in [0.2, 0.25) is 5.91 Å².